The minimum absolute atomic E-state index is 0.564. The molecule has 0 bridgehead atoms. The first kappa shape index (κ1) is 14.0. The Hall–Kier alpha value is -1.38. The maximum Gasteiger partial charge on any atom is 0.144 e. The Bertz CT molecular complexity index is 419. The van der Waals surface area contributed by atoms with Gasteiger partial charge >= 0.3 is 0 Å². The van der Waals surface area contributed by atoms with E-state index in [1.54, 1.807) is 0 Å². The van der Waals surface area contributed by atoms with Gasteiger partial charge in [-0.05, 0) is 50.2 Å². The van der Waals surface area contributed by atoms with Crippen LogP contribution < -0.4 is 15.8 Å². The lowest BCUT2D eigenvalue weighted by Crippen LogP contribution is -2.32. The van der Waals surface area contributed by atoms with Crippen molar-refractivity contribution in [3.05, 3.63) is 18.2 Å². The van der Waals surface area contributed by atoms with E-state index in [2.05, 4.69) is 19.2 Å². The summed E-state index contributed by atoms with van der Waals surface area (Å²) in [6, 6.07) is 6.55. The van der Waals surface area contributed by atoms with Crippen LogP contribution in [0.1, 0.15) is 40.0 Å². The van der Waals surface area contributed by atoms with E-state index in [-0.39, 0.29) is 0 Å². The average molecular weight is 262 g/mol. The Labute approximate surface area is 116 Å². The number of nitrogens with two attached hydrogens (primary N) is 1. The van der Waals surface area contributed by atoms with Gasteiger partial charge in [0.1, 0.15) is 5.75 Å². The van der Waals surface area contributed by atoms with Crippen molar-refractivity contribution in [1.29, 1.82) is 0 Å². The third kappa shape index (κ3) is 3.55. The highest BCUT2D eigenvalue weighted by Gasteiger charge is 2.25. The molecule has 0 spiro atoms. The molecule has 0 heterocycles. The monoisotopic (exact) mass is 262 g/mol. The molecule has 1 aromatic rings. The fourth-order valence-corrected chi connectivity index (χ4v) is 3.00. The Morgan fingerprint density at radius 1 is 1.32 bits per heavy atom. The molecular formula is C16H26N2O. The standard InChI is InChI=1S/C16H26N2O/c1-4-19-16-10-13(6-7-14(16)17)18-15-8-5-11(2)9-12(15)3/h6-7,10-12,15,18H,4-5,8-9,17H2,1-3H3. The fourth-order valence-electron chi connectivity index (χ4n) is 3.00. The van der Waals surface area contributed by atoms with Crippen molar-refractivity contribution in [3.63, 3.8) is 0 Å². The summed E-state index contributed by atoms with van der Waals surface area (Å²) < 4.78 is 5.55. The second-order valence-corrected chi connectivity index (χ2v) is 5.83. The van der Waals surface area contributed by atoms with Crippen LogP contribution in [0.25, 0.3) is 0 Å². The molecule has 0 saturated heterocycles. The molecule has 2 rings (SSSR count). The van der Waals surface area contributed by atoms with Crippen molar-refractivity contribution in [1.82, 2.24) is 0 Å². The lowest BCUT2D eigenvalue weighted by Gasteiger charge is -2.34. The Morgan fingerprint density at radius 3 is 2.79 bits per heavy atom. The molecule has 0 aliphatic heterocycles. The summed E-state index contributed by atoms with van der Waals surface area (Å²) in [4.78, 5) is 0. The number of nitrogens with one attached hydrogen (secondary N) is 1. The minimum Gasteiger partial charge on any atom is -0.492 e. The summed E-state index contributed by atoms with van der Waals surface area (Å²) in [5.41, 5.74) is 7.72. The molecule has 3 nitrogen and oxygen atoms in total. The molecular weight excluding hydrogens is 236 g/mol. The molecule has 0 radical (unpaired) electrons. The van der Waals surface area contributed by atoms with E-state index in [9.17, 15) is 0 Å². The summed E-state index contributed by atoms with van der Waals surface area (Å²) in [7, 11) is 0. The SMILES string of the molecule is CCOc1cc(NC2CCC(C)CC2C)ccc1N. The lowest BCUT2D eigenvalue weighted by molar-refractivity contribution is 0.276. The van der Waals surface area contributed by atoms with Crippen LogP contribution in [0.3, 0.4) is 0 Å². The van der Waals surface area contributed by atoms with Gasteiger partial charge in [0.25, 0.3) is 0 Å². The summed E-state index contributed by atoms with van der Waals surface area (Å²) in [5.74, 6) is 2.36. The van der Waals surface area contributed by atoms with E-state index in [0.29, 0.717) is 18.3 Å². The van der Waals surface area contributed by atoms with E-state index in [0.717, 1.165) is 23.3 Å². The highest BCUT2D eigenvalue weighted by molar-refractivity contribution is 5.61. The summed E-state index contributed by atoms with van der Waals surface area (Å²) >= 11 is 0. The molecule has 19 heavy (non-hydrogen) atoms. The van der Waals surface area contributed by atoms with Crippen LogP contribution in [0.5, 0.6) is 5.75 Å². The molecule has 1 saturated carbocycles. The van der Waals surface area contributed by atoms with Gasteiger partial charge in [0, 0.05) is 17.8 Å². The van der Waals surface area contributed by atoms with Crippen LogP contribution in [0, 0.1) is 11.8 Å². The van der Waals surface area contributed by atoms with Crippen LogP contribution in [-0.2, 0) is 0 Å². The van der Waals surface area contributed by atoms with Gasteiger partial charge in [-0.15, -0.1) is 0 Å². The molecule has 3 N–H and O–H groups in total. The van der Waals surface area contributed by atoms with Crippen LogP contribution in [0.4, 0.5) is 11.4 Å². The Balaban J connectivity index is 2.04. The van der Waals surface area contributed by atoms with Gasteiger partial charge in [0.2, 0.25) is 0 Å². The molecule has 3 heteroatoms. The van der Waals surface area contributed by atoms with Crippen LogP contribution >= 0.6 is 0 Å². The maximum absolute atomic E-state index is 5.90. The number of hydrogen-bond donors (Lipinski definition) is 2. The zero-order valence-corrected chi connectivity index (χ0v) is 12.3. The molecule has 1 fully saturated rings. The van der Waals surface area contributed by atoms with Crippen molar-refractivity contribution in [3.8, 4) is 5.75 Å². The predicted molar refractivity (Wildman–Crippen MR) is 81.6 cm³/mol. The Kier molecular flexibility index (Phi) is 4.56. The largest absolute Gasteiger partial charge is 0.492 e. The smallest absolute Gasteiger partial charge is 0.144 e. The van der Waals surface area contributed by atoms with E-state index in [4.69, 9.17) is 10.5 Å². The van der Waals surface area contributed by atoms with E-state index >= 15 is 0 Å². The number of hydrogen-bond acceptors (Lipinski definition) is 3. The average Bonchev–Trinajstić information content (AvgIpc) is 2.37. The zero-order valence-electron chi connectivity index (χ0n) is 12.3. The van der Waals surface area contributed by atoms with E-state index in [1.807, 2.05) is 25.1 Å². The molecule has 106 valence electrons. The Morgan fingerprint density at radius 2 is 2.11 bits per heavy atom. The van der Waals surface area contributed by atoms with Gasteiger partial charge < -0.3 is 15.8 Å². The first-order chi connectivity index (χ1) is 9.10. The van der Waals surface area contributed by atoms with Crippen molar-refractivity contribution in [2.45, 2.75) is 46.1 Å². The molecule has 3 unspecified atom stereocenters. The summed E-state index contributed by atoms with van der Waals surface area (Å²) in [6.07, 6.45) is 3.87. The third-order valence-corrected chi connectivity index (χ3v) is 4.10. The minimum atomic E-state index is 0.564. The van der Waals surface area contributed by atoms with Crippen molar-refractivity contribution < 1.29 is 4.74 Å². The first-order valence-corrected chi connectivity index (χ1v) is 7.39. The molecule has 0 aromatic heterocycles. The zero-order chi connectivity index (χ0) is 13.8. The van der Waals surface area contributed by atoms with E-state index < -0.39 is 0 Å². The molecule has 1 aliphatic rings. The van der Waals surface area contributed by atoms with Gasteiger partial charge in [-0.2, -0.15) is 0 Å². The van der Waals surface area contributed by atoms with Crippen molar-refractivity contribution in [2.24, 2.45) is 11.8 Å². The molecule has 3 atom stereocenters. The highest BCUT2D eigenvalue weighted by Crippen LogP contribution is 2.32. The number of benzene rings is 1. The van der Waals surface area contributed by atoms with Gasteiger partial charge in [-0.1, -0.05) is 13.8 Å². The topological polar surface area (TPSA) is 47.3 Å². The second kappa shape index (κ2) is 6.18. The summed E-state index contributed by atoms with van der Waals surface area (Å²) in [6.45, 7) is 7.31. The quantitative estimate of drug-likeness (QED) is 0.809. The van der Waals surface area contributed by atoms with Gasteiger partial charge in [0.05, 0.1) is 12.3 Å². The second-order valence-electron chi connectivity index (χ2n) is 5.83. The lowest BCUT2D eigenvalue weighted by atomic mass is 9.80. The van der Waals surface area contributed by atoms with Crippen LogP contribution in [0.2, 0.25) is 0 Å². The van der Waals surface area contributed by atoms with Crippen molar-refractivity contribution >= 4 is 11.4 Å². The summed E-state index contributed by atoms with van der Waals surface area (Å²) in [5, 5.41) is 3.64. The fraction of sp³-hybridized carbons (Fsp3) is 0.625. The third-order valence-electron chi connectivity index (χ3n) is 4.10. The number of rotatable bonds is 4. The maximum atomic E-state index is 5.90. The normalized spacial score (nSPS) is 27.0. The van der Waals surface area contributed by atoms with Gasteiger partial charge in [-0.3, -0.25) is 0 Å². The number of ether oxygens (including phenoxy) is 1. The molecule has 0 amide bonds. The number of nitrogen functional groups attached to an aromatic ring is 1. The first-order valence-electron chi connectivity index (χ1n) is 7.39. The van der Waals surface area contributed by atoms with Gasteiger partial charge in [0.15, 0.2) is 0 Å². The van der Waals surface area contributed by atoms with Crippen LogP contribution in [0.15, 0.2) is 18.2 Å². The number of anilines is 2. The molecule has 1 aliphatic carbocycles. The highest BCUT2D eigenvalue weighted by atomic mass is 16.5. The van der Waals surface area contributed by atoms with E-state index in [1.165, 1.54) is 19.3 Å². The predicted octanol–water partition coefficient (Wildman–Crippen LogP) is 3.90. The van der Waals surface area contributed by atoms with Crippen LogP contribution in [-0.4, -0.2) is 12.6 Å². The van der Waals surface area contributed by atoms with Gasteiger partial charge in [-0.25, -0.2) is 0 Å². The van der Waals surface area contributed by atoms with Crippen molar-refractivity contribution in [2.75, 3.05) is 17.7 Å². The molecule has 1 aromatic carbocycles.